The number of hydrogen-bond donors (Lipinski definition) is 2. The van der Waals surface area contributed by atoms with Crippen molar-refractivity contribution in [2.24, 2.45) is 0 Å². The van der Waals surface area contributed by atoms with E-state index in [0.717, 1.165) is 38.5 Å². The number of phosphoric ester groups is 1. The normalized spacial score (nSPS) is 13.6. The van der Waals surface area contributed by atoms with Crippen molar-refractivity contribution in [3.63, 3.8) is 0 Å². The van der Waals surface area contributed by atoms with E-state index >= 15 is 0 Å². The molecule has 0 saturated heterocycles. The van der Waals surface area contributed by atoms with Crippen molar-refractivity contribution < 1.29 is 32.9 Å². The van der Waals surface area contributed by atoms with Gasteiger partial charge in [0.2, 0.25) is 5.91 Å². The molecule has 1 amide bonds. The van der Waals surface area contributed by atoms with E-state index in [1.165, 1.54) is 372 Å². The van der Waals surface area contributed by atoms with Gasteiger partial charge in [0.15, 0.2) is 0 Å². The number of unbranched alkanes of at least 4 members (excludes halogenated alkanes) is 61. The minimum Gasteiger partial charge on any atom is -0.756 e. The van der Waals surface area contributed by atoms with E-state index in [0.29, 0.717) is 17.4 Å². The standard InChI is InChI=1S/C80H159N2O6P/c1-6-8-10-12-14-16-18-20-22-24-26-28-30-32-34-36-38-39-40-41-42-43-44-46-48-50-52-54-56-58-60-62-64-66-68-70-72-74-80(84)81-78(77-88-89(85,86)87-76-75-82(3,4)5)79(83)73-71-69-67-65-63-61-59-57-55-53-51-49-47-45-37-35-33-31-29-27-25-23-21-19-17-15-13-11-9-7-2/h24,26,71,73,78-79,83H,6-23,25,27-70,72,74-77H2,1-5H3,(H-,81,84,85,86)/b26-24-,73-71+. The molecule has 2 N–H and O–H groups in total. The Labute approximate surface area is 557 Å². The van der Waals surface area contributed by atoms with Crippen molar-refractivity contribution in [1.82, 2.24) is 5.32 Å². The summed E-state index contributed by atoms with van der Waals surface area (Å²) < 4.78 is 23.5. The van der Waals surface area contributed by atoms with Gasteiger partial charge in [-0.05, 0) is 44.9 Å². The zero-order valence-electron chi connectivity index (χ0n) is 60.9. The first-order chi connectivity index (χ1) is 43.5. The van der Waals surface area contributed by atoms with E-state index in [2.05, 4.69) is 31.3 Å². The number of aliphatic hydroxyl groups excluding tert-OH is 1. The fraction of sp³-hybridized carbons (Fsp3) is 0.938. The number of hydrogen-bond acceptors (Lipinski definition) is 6. The molecule has 0 aromatic carbocycles. The summed E-state index contributed by atoms with van der Waals surface area (Å²) >= 11 is 0. The van der Waals surface area contributed by atoms with E-state index in [4.69, 9.17) is 9.05 Å². The predicted molar refractivity (Wildman–Crippen MR) is 390 cm³/mol. The Morgan fingerprint density at radius 1 is 0.382 bits per heavy atom. The highest BCUT2D eigenvalue weighted by molar-refractivity contribution is 7.45. The zero-order valence-corrected chi connectivity index (χ0v) is 61.8. The highest BCUT2D eigenvalue weighted by atomic mass is 31.2. The summed E-state index contributed by atoms with van der Waals surface area (Å²) in [5, 5.41) is 14.0. The van der Waals surface area contributed by atoms with Gasteiger partial charge in [-0.2, -0.15) is 0 Å². The molecule has 0 aliphatic heterocycles. The first-order valence-corrected chi connectivity index (χ1v) is 41.7. The van der Waals surface area contributed by atoms with E-state index in [-0.39, 0.29) is 19.1 Å². The molecule has 0 aromatic heterocycles. The smallest absolute Gasteiger partial charge is 0.268 e. The third kappa shape index (κ3) is 74.2. The van der Waals surface area contributed by atoms with Gasteiger partial charge in [-0.25, -0.2) is 0 Å². The summed E-state index contributed by atoms with van der Waals surface area (Å²) in [4.78, 5) is 25.7. The number of phosphoric acid groups is 1. The van der Waals surface area contributed by atoms with Crippen LogP contribution in [0.25, 0.3) is 0 Å². The fourth-order valence-corrected chi connectivity index (χ4v) is 13.4. The Balaban J connectivity index is 3.93. The molecule has 9 heteroatoms. The third-order valence-corrected chi connectivity index (χ3v) is 19.9. The second kappa shape index (κ2) is 71.3. The van der Waals surface area contributed by atoms with Crippen LogP contribution in [0.5, 0.6) is 0 Å². The predicted octanol–water partition coefficient (Wildman–Crippen LogP) is 25.5. The molecule has 8 nitrogen and oxygen atoms in total. The maximum Gasteiger partial charge on any atom is 0.268 e. The van der Waals surface area contributed by atoms with Crippen LogP contribution in [0, 0.1) is 0 Å². The van der Waals surface area contributed by atoms with Crippen LogP contribution in [-0.2, 0) is 18.4 Å². The molecule has 0 saturated carbocycles. The SMILES string of the molecule is CCCCCCCCCC/C=C\CCCCCCCCCCCCCCCCCCCCCCCCCCCC(=O)NC(COP(=O)([O-])OCC[N+](C)(C)C)C(O)/C=C/CCCCCCCCCCCCCCCCCCCCCCCCCCCCCC. The number of aliphatic hydroxyl groups is 1. The highest BCUT2D eigenvalue weighted by Crippen LogP contribution is 2.38. The van der Waals surface area contributed by atoms with Crippen LogP contribution in [0.2, 0.25) is 0 Å². The number of nitrogens with zero attached hydrogens (tertiary/aromatic N) is 1. The van der Waals surface area contributed by atoms with Gasteiger partial charge < -0.3 is 28.8 Å². The van der Waals surface area contributed by atoms with E-state index in [9.17, 15) is 19.4 Å². The minimum atomic E-state index is -4.60. The lowest BCUT2D eigenvalue weighted by atomic mass is 10.0. The Morgan fingerprint density at radius 2 is 0.618 bits per heavy atom. The van der Waals surface area contributed by atoms with Crippen LogP contribution >= 0.6 is 7.82 Å². The first-order valence-electron chi connectivity index (χ1n) is 40.2. The lowest BCUT2D eigenvalue weighted by molar-refractivity contribution is -0.870. The molecule has 3 unspecified atom stereocenters. The third-order valence-electron chi connectivity index (χ3n) is 18.9. The van der Waals surface area contributed by atoms with Crippen molar-refractivity contribution >= 4 is 13.7 Å². The Bertz CT molecular complexity index is 1500. The van der Waals surface area contributed by atoms with Gasteiger partial charge in [-0.3, -0.25) is 9.36 Å². The number of allylic oxidation sites excluding steroid dienone is 3. The summed E-state index contributed by atoms with van der Waals surface area (Å²) in [6.07, 6.45) is 94.9. The van der Waals surface area contributed by atoms with Crippen molar-refractivity contribution in [1.29, 1.82) is 0 Å². The summed E-state index contributed by atoms with van der Waals surface area (Å²) in [6.45, 7) is 4.73. The van der Waals surface area contributed by atoms with Gasteiger partial charge in [-0.1, -0.05) is 404 Å². The average molecular weight is 1280 g/mol. The average Bonchev–Trinajstić information content (AvgIpc) is 3.57. The molecule has 0 bridgehead atoms. The molecule has 0 aromatic rings. The number of quaternary nitrogens is 1. The van der Waals surface area contributed by atoms with Gasteiger partial charge in [-0.15, -0.1) is 0 Å². The van der Waals surface area contributed by atoms with Gasteiger partial charge in [0.25, 0.3) is 7.82 Å². The molecule has 530 valence electrons. The van der Waals surface area contributed by atoms with E-state index in [1.807, 2.05) is 27.2 Å². The van der Waals surface area contributed by atoms with Gasteiger partial charge >= 0.3 is 0 Å². The van der Waals surface area contributed by atoms with Crippen molar-refractivity contribution in [2.75, 3.05) is 40.9 Å². The van der Waals surface area contributed by atoms with Crippen LogP contribution < -0.4 is 10.2 Å². The second-order valence-electron chi connectivity index (χ2n) is 29.1. The lowest BCUT2D eigenvalue weighted by Crippen LogP contribution is -2.45. The van der Waals surface area contributed by atoms with E-state index in [1.54, 1.807) is 6.08 Å². The summed E-state index contributed by atoms with van der Waals surface area (Å²) in [6, 6.07) is -0.886. The molecule has 3 atom stereocenters. The number of carbonyl (C=O) groups excluding carboxylic acids is 1. The summed E-state index contributed by atoms with van der Waals surface area (Å²) in [5.74, 6) is -0.187. The molecule has 0 rings (SSSR count). The summed E-state index contributed by atoms with van der Waals surface area (Å²) in [5.41, 5.74) is 0. The number of carbonyl (C=O) groups is 1. The molecule has 0 radical (unpaired) electrons. The Kier molecular flexibility index (Phi) is 70.5. The molecular formula is C80H159N2O6P. The fourth-order valence-electron chi connectivity index (χ4n) is 12.7. The molecule has 0 fully saturated rings. The molecule has 0 spiro atoms. The van der Waals surface area contributed by atoms with Crippen LogP contribution in [0.3, 0.4) is 0 Å². The van der Waals surface area contributed by atoms with Gasteiger partial charge in [0.1, 0.15) is 13.2 Å². The topological polar surface area (TPSA) is 108 Å². The van der Waals surface area contributed by atoms with Crippen molar-refractivity contribution in [2.45, 2.75) is 443 Å². The first kappa shape index (κ1) is 88.0. The number of likely N-dealkylation sites (N-methyl/N-ethyl adjacent to an activating group) is 1. The molecule has 0 aliphatic carbocycles. The number of rotatable bonds is 76. The second-order valence-corrected chi connectivity index (χ2v) is 30.5. The largest absolute Gasteiger partial charge is 0.756 e. The Morgan fingerprint density at radius 3 is 0.876 bits per heavy atom. The quantitative estimate of drug-likeness (QED) is 0.0272. The van der Waals surface area contributed by atoms with Crippen LogP contribution in [-0.4, -0.2) is 68.5 Å². The highest BCUT2D eigenvalue weighted by Gasteiger charge is 2.23. The molecule has 0 aliphatic rings. The van der Waals surface area contributed by atoms with Gasteiger partial charge in [0.05, 0.1) is 39.9 Å². The molecule has 89 heavy (non-hydrogen) atoms. The monoisotopic (exact) mass is 1280 g/mol. The molecule has 0 heterocycles. The van der Waals surface area contributed by atoms with Crippen LogP contribution in [0.1, 0.15) is 431 Å². The van der Waals surface area contributed by atoms with Crippen molar-refractivity contribution in [3.05, 3.63) is 24.3 Å². The minimum absolute atomic E-state index is 0.00242. The number of amides is 1. The zero-order chi connectivity index (χ0) is 64.8. The molecular weight excluding hydrogens is 1120 g/mol. The van der Waals surface area contributed by atoms with E-state index < -0.39 is 20.0 Å². The summed E-state index contributed by atoms with van der Waals surface area (Å²) in [7, 11) is 1.29. The van der Waals surface area contributed by atoms with Crippen LogP contribution in [0.4, 0.5) is 0 Å². The number of nitrogens with one attached hydrogen (secondary N) is 1. The Hall–Kier alpha value is -1.02. The maximum atomic E-state index is 13.1. The maximum absolute atomic E-state index is 13.1. The van der Waals surface area contributed by atoms with Crippen LogP contribution in [0.15, 0.2) is 24.3 Å². The lowest BCUT2D eigenvalue weighted by Gasteiger charge is -2.29. The van der Waals surface area contributed by atoms with Crippen molar-refractivity contribution in [3.8, 4) is 0 Å². The van der Waals surface area contributed by atoms with Gasteiger partial charge in [0, 0.05) is 6.42 Å².